The van der Waals surface area contributed by atoms with Crippen LogP contribution in [-0.2, 0) is 4.79 Å². The van der Waals surface area contributed by atoms with Crippen LogP contribution in [0.1, 0.15) is 18.9 Å². The standard InChI is InChI=1S/C16H15NO2/c1-2-16(18)19-15-10-8-13(9-11-15)12-17-14-6-4-3-5-7-14/h3-12H,2H2,1H3. The summed E-state index contributed by atoms with van der Waals surface area (Å²) >= 11 is 0. The molecule has 0 aliphatic carbocycles. The maximum absolute atomic E-state index is 11.1. The van der Waals surface area contributed by atoms with E-state index in [1.807, 2.05) is 42.5 Å². The smallest absolute Gasteiger partial charge is 0.310 e. The van der Waals surface area contributed by atoms with Gasteiger partial charge in [-0.3, -0.25) is 9.79 Å². The number of carbonyl (C=O) groups is 1. The first-order chi connectivity index (χ1) is 9.28. The fourth-order valence-corrected chi connectivity index (χ4v) is 1.49. The molecule has 2 aromatic carbocycles. The number of esters is 1. The molecule has 0 saturated heterocycles. The Hall–Kier alpha value is -2.42. The summed E-state index contributed by atoms with van der Waals surface area (Å²) in [6, 6.07) is 17.0. The van der Waals surface area contributed by atoms with E-state index in [2.05, 4.69) is 4.99 Å². The summed E-state index contributed by atoms with van der Waals surface area (Å²) < 4.78 is 5.10. The molecule has 0 aromatic heterocycles. The van der Waals surface area contributed by atoms with Crippen LogP contribution in [0.3, 0.4) is 0 Å². The van der Waals surface area contributed by atoms with Crippen molar-refractivity contribution >= 4 is 17.9 Å². The number of rotatable bonds is 4. The second kappa shape index (κ2) is 6.50. The third-order valence-electron chi connectivity index (χ3n) is 2.52. The highest BCUT2D eigenvalue weighted by Crippen LogP contribution is 2.13. The minimum absolute atomic E-state index is 0.231. The van der Waals surface area contributed by atoms with Gasteiger partial charge in [0.1, 0.15) is 5.75 Å². The predicted octanol–water partition coefficient (Wildman–Crippen LogP) is 3.75. The monoisotopic (exact) mass is 253 g/mol. The van der Waals surface area contributed by atoms with E-state index < -0.39 is 0 Å². The van der Waals surface area contributed by atoms with Crippen LogP contribution in [0, 0.1) is 0 Å². The van der Waals surface area contributed by atoms with Crippen molar-refractivity contribution in [3.8, 4) is 5.75 Å². The largest absolute Gasteiger partial charge is 0.427 e. The molecule has 2 rings (SSSR count). The van der Waals surface area contributed by atoms with Gasteiger partial charge in [0.25, 0.3) is 0 Å². The van der Waals surface area contributed by atoms with Gasteiger partial charge in [-0.25, -0.2) is 0 Å². The quantitative estimate of drug-likeness (QED) is 0.473. The van der Waals surface area contributed by atoms with E-state index >= 15 is 0 Å². The van der Waals surface area contributed by atoms with Crippen LogP contribution in [0.5, 0.6) is 5.75 Å². The van der Waals surface area contributed by atoms with Gasteiger partial charge in [-0.2, -0.15) is 0 Å². The summed E-state index contributed by atoms with van der Waals surface area (Å²) in [6.45, 7) is 1.77. The van der Waals surface area contributed by atoms with Gasteiger partial charge in [-0.15, -0.1) is 0 Å². The van der Waals surface area contributed by atoms with Gasteiger partial charge in [0.05, 0.1) is 5.69 Å². The van der Waals surface area contributed by atoms with E-state index in [0.717, 1.165) is 11.3 Å². The van der Waals surface area contributed by atoms with Crippen molar-refractivity contribution in [2.75, 3.05) is 0 Å². The summed E-state index contributed by atoms with van der Waals surface area (Å²) in [6.07, 6.45) is 2.15. The molecule has 3 heteroatoms. The second-order valence-corrected chi connectivity index (χ2v) is 3.99. The summed E-state index contributed by atoms with van der Waals surface area (Å²) in [5.74, 6) is 0.328. The predicted molar refractivity (Wildman–Crippen MR) is 76.1 cm³/mol. The maximum atomic E-state index is 11.1. The first-order valence-corrected chi connectivity index (χ1v) is 6.18. The third-order valence-corrected chi connectivity index (χ3v) is 2.52. The van der Waals surface area contributed by atoms with Gasteiger partial charge in [-0.05, 0) is 42.0 Å². The van der Waals surface area contributed by atoms with E-state index in [1.165, 1.54) is 0 Å². The molecule has 0 unspecified atom stereocenters. The third kappa shape index (κ3) is 4.07. The van der Waals surface area contributed by atoms with E-state index in [1.54, 1.807) is 25.3 Å². The number of ether oxygens (including phenoxy) is 1. The highest BCUT2D eigenvalue weighted by Gasteiger charge is 2.00. The average molecular weight is 253 g/mol. The van der Waals surface area contributed by atoms with E-state index in [9.17, 15) is 4.79 Å². The molecule has 3 nitrogen and oxygen atoms in total. The lowest BCUT2D eigenvalue weighted by Crippen LogP contribution is -2.05. The maximum Gasteiger partial charge on any atom is 0.310 e. The molecule has 0 atom stereocenters. The van der Waals surface area contributed by atoms with E-state index in [4.69, 9.17) is 4.74 Å². The van der Waals surface area contributed by atoms with Crippen molar-refractivity contribution in [1.29, 1.82) is 0 Å². The van der Waals surface area contributed by atoms with Crippen molar-refractivity contribution in [3.05, 3.63) is 60.2 Å². The highest BCUT2D eigenvalue weighted by atomic mass is 16.5. The molecule has 0 radical (unpaired) electrons. The van der Waals surface area contributed by atoms with Crippen LogP contribution in [0.4, 0.5) is 5.69 Å². The van der Waals surface area contributed by atoms with Crippen molar-refractivity contribution < 1.29 is 9.53 Å². The molecule has 0 bridgehead atoms. The zero-order valence-corrected chi connectivity index (χ0v) is 10.7. The number of carbonyl (C=O) groups excluding carboxylic acids is 1. The SMILES string of the molecule is CCC(=O)Oc1ccc(C=Nc2ccccc2)cc1. The zero-order valence-electron chi connectivity index (χ0n) is 10.7. The molecule has 0 fully saturated rings. The first kappa shape index (κ1) is 13.0. The molecule has 0 aliphatic rings. The average Bonchev–Trinajstić information content (AvgIpc) is 2.47. The number of nitrogens with zero attached hydrogens (tertiary/aromatic N) is 1. The highest BCUT2D eigenvalue weighted by molar-refractivity contribution is 5.82. The van der Waals surface area contributed by atoms with Crippen molar-refractivity contribution in [2.45, 2.75) is 13.3 Å². The minimum atomic E-state index is -0.231. The zero-order chi connectivity index (χ0) is 13.5. The van der Waals surface area contributed by atoms with E-state index in [-0.39, 0.29) is 5.97 Å². The fraction of sp³-hybridized carbons (Fsp3) is 0.125. The lowest BCUT2D eigenvalue weighted by atomic mass is 10.2. The van der Waals surface area contributed by atoms with Crippen LogP contribution < -0.4 is 4.74 Å². The first-order valence-electron chi connectivity index (χ1n) is 6.18. The summed E-state index contributed by atoms with van der Waals surface area (Å²) in [5, 5.41) is 0. The molecule has 96 valence electrons. The Balaban J connectivity index is 2.03. The fourth-order valence-electron chi connectivity index (χ4n) is 1.49. The second-order valence-electron chi connectivity index (χ2n) is 3.99. The summed E-state index contributed by atoms with van der Waals surface area (Å²) in [5.41, 5.74) is 1.86. The minimum Gasteiger partial charge on any atom is -0.427 e. The number of benzene rings is 2. The summed E-state index contributed by atoms with van der Waals surface area (Å²) in [7, 11) is 0. The van der Waals surface area contributed by atoms with Gasteiger partial charge in [0, 0.05) is 12.6 Å². The van der Waals surface area contributed by atoms with Gasteiger partial charge in [0.2, 0.25) is 0 Å². The van der Waals surface area contributed by atoms with Crippen molar-refractivity contribution in [1.82, 2.24) is 0 Å². The van der Waals surface area contributed by atoms with Crippen LogP contribution in [0.2, 0.25) is 0 Å². The molecule has 0 heterocycles. The number of hydrogen-bond acceptors (Lipinski definition) is 3. The Labute approximate surface area is 112 Å². The molecule has 0 spiro atoms. The molecule has 0 N–H and O–H groups in total. The summed E-state index contributed by atoms with van der Waals surface area (Å²) in [4.78, 5) is 15.5. The lowest BCUT2D eigenvalue weighted by molar-refractivity contribution is -0.134. The van der Waals surface area contributed by atoms with E-state index in [0.29, 0.717) is 12.2 Å². The van der Waals surface area contributed by atoms with Crippen molar-refractivity contribution in [2.24, 2.45) is 4.99 Å². The van der Waals surface area contributed by atoms with Gasteiger partial charge >= 0.3 is 5.97 Å². The molecule has 19 heavy (non-hydrogen) atoms. The molecule has 0 aliphatic heterocycles. The Morgan fingerprint density at radius 1 is 1.11 bits per heavy atom. The Morgan fingerprint density at radius 3 is 2.42 bits per heavy atom. The Morgan fingerprint density at radius 2 is 1.79 bits per heavy atom. The topological polar surface area (TPSA) is 38.7 Å². The Bertz CT molecular complexity index is 559. The van der Waals surface area contributed by atoms with Gasteiger partial charge in [-0.1, -0.05) is 25.1 Å². The molecule has 0 amide bonds. The van der Waals surface area contributed by atoms with Gasteiger partial charge < -0.3 is 4.74 Å². The van der Waals surface area contributed by atoms with Gasteiger partial charge in [0.15, 0.2) is 0 Å². The van der Waals surface area contributed by atoms with Crippen LogP contribution >= 0.6 is 0 Å². The molecular weight excluding hydrogens is 238 g/mol. The van der Waals surface area contributed by atoms with Crippen molar-refractivity contribution in [3.63, 3.8) is 0 Å². The number of para-hydroxylation sites is 1. The lowest BCUT2D eigenvalue weighted by Gasteiger charge is -2.02. The Kier molecular flexibility index (Phi) is 4.45. The number of hydrogen-bond donors (Lipinski definition) is 0. The van der Waals surface area contributed by atoms with Crippen LogP contribution in [0.15, 0.2) is 59.6 Å². The normalized spacial score (nSPS) is 10.6. The van der Waals surface area contributed by atoms with Crippen LogP contribution in [0.25, 0.3) is 0 Å². The van der Waals surface area contributed by atoms with Crippen LogP contribution in [-0.4, -0.2) is 12.2 Å². The molecule has 0 saturated carbocycles. The number of aliphatic imine (C=N–C) groups is 1. The molecular formula is C16H15NO2. The molecule has 2 aromatic rings.